The van der Waals surface area contributed by atoms with E-state index >= 15 is 0 Å². The van der Waals surface area contributed by atoms with Crippen molar-refractivity contribution in [3.63, 3.8) is 0 Å². The molecule has 4 nitrogen and oxygen atoms in total. The molecule has 0 bridgehead atoms. The van der Waals surface area contributed by atoms with Gasteiger partial charge in [0.05, 0.1) is 11.6 Å². The molecule has 1 aromatic heterocycles. The van der Waals surface area contributed by atoms with Crippen LogP contribution in [0.15, 0.2) is 91.1 Å². The number of pyridine rings is 1. The second-order valence-electron chi connectivity index (χ2n) is 8.09. The Morgan fingerprint density at radius 2 is 1.61 bits per heavy atom. The van der Waals surface area contributed by atoms with Gasteiger partial charge in [0.25, 0.3) is 0 Å². The Morgan fingerprint density at radius 1 is 0.903 bits per heavy atom. The van der Waals surface area contributed by atoms with Gasteiger partial charge in [-0.15, -0.1) is 0 Å². The van der Waals surface area contributed by atoms with E-state index in [1.54, 1.807) is 0 Å². The van der Waals surface area contributed by atoms with Crippen molar-refractivity contribution >= 4 is 16.9 Å². The molecule has 4 aromatic rings. The van der Waals surface area contributed by atoms with Crippen LogP contribution in [-0.4, -0.2) is 33.5 Å². The average molecular weight is 409 g/mol. The maximum atomic E-state index is 12.0. The van der Waals surface area contributed by atoms with E-state index in [2.05, 4.69) is 58.4 Å². The molecule has 0 amide bonds. The topological polar surface area (TPSA) is 53.4 Å². The van der Waals surface area contributed by atoms with E-state index in [0.29, 0.717) is 6.42 Å². The Morgan fingerprint density at radius 3 is 2.39 bits per heavy atom. The number of benzene rings is 3. The number of carbonyl (C=O) groups is 1. The first-order valence-corrected chi connectivity index (χ1v) is 10.7. The Bertz CT molecular complexity index is 1200. The minimum atomic E-state index is -0.753. The summed E-state index contributed by atoms with van der Waals surface area (Å²) >= 11 is 0. The third-order valence-corrected chi connectivity index (χ3v) is 6.17. The van der Waals surface area contributed by atoms with Crippen molar-refractivity contribution in [1.82, 2.24) is 9.88 Å². The molecule has 0 spiro atoms. The molecule has 2 atom stereocenters. The number of likely N-dealkylation sites (tertiary alicyclic amines) is 1. The van der Waals surface area contributed by atoms with E-state index in [9.17, 15) is 9.90 Å². The van der Waals surface area contributed by atoms with Crippen LogP contribution in [0.2, 0.25) is 0 Å². The SMILES string of the molecule is O=C(O)C1CCCN1C(c1ccc(-c2ccccc2)cc1)c1cnc2ccccc2c1. The predicted octanol–water partition coefficient (Wildman–Crippen LogP) is 5.54. The molecule has 0 radical (unpaired) electrons. The Labute approximate surface area is 181 Å². The lowest BCUT2D eigenvalue weighted by Gasteiger charge is -2.32. The van der Waals surface area contributed by atoms with E-state index in [0.717, 1.165) is 40.6 Å². The van der Waals surface area contributed by atoms with Gasteiger partial charge < -0.3 is 5.11 Å². The van der Waals surface area contributed by atoms with Gasteiger partial charge in [-0.25, -0.2) is 0 Å². The van der Waals surface area contributed by atoms with Gasteiger partial charge in [0, 0.05) is 18.1 Å². The fourth-order valence-corrected chi connectivity index (χ4v) is 4.66. The zero-order valence-corrected chi connectivity index (χ0v) is 17.2. The lowest BCUT2D eigenvalue weighted by atomic mass is 9.94. The summed E-state index contributed by atoms with van der Waals surface area (Å²) in [5.74, 6) is -0.753. The molecule has 0 saturated carbocycles. The molecule has 2 unspecified atom stereocenters. The summed E-state index contributed by atoms with van der Waals surface area (Å²) in [6, 6.07) is 28.3. The maximum Gasteiger partial charge on any atom is 0.320 e. The molecule has 0 aliphatic carbocycles. The zero-order chi connectivity index (χ0) is 21.2. The summed E-state index contributed by atoms with van der Waals surface area (Å²) in [5.41, 5.74) is 5.38. The van der Waals surface area contributed by atoms with Gasteiger partial charge in [-0.1, -0.05) is 72.8 Å². The molecular weight excluding hydrogens is 384 g/mol. The van der Waals surface area contributed by atoms with Crippen LogP contribution in [0.25, 0.3) is 22.0 Å². The van der Waals surface area contributed by atoms with Crippen molar-refractivity contribution in [3.8, 4) is 11.1 Å². The fraction of sp³-hybridized carbons (Fsp3) is 0.185. The first-order valence-electron chi connectivity index (χ1n) is 10.7. The van der Waals surface area contributed by atoms with Gasteiger partial charge in [-0.3, -0.25) is 14.7 Å². The molecule has 3 aromatic carbocycles. The van der Waals surface area contributed by atoms with Crippen LogP contribution < -0.4 is 0 Å². The molecule has 31 heavy (non-hydrogen) atoms. The van der Waals surface area contributed by atoms with E-state index in [-0.39, 0.29) is 6.04 Å². The molecule has 5 rings (SSSR count). The number of para-hydroxylation sites is 1. The quantitative estimate of drug-likeness (QED) is 0.471. The predicted molar refractivity (Wildman–Crippen MR) is 123 cm³/mol. The van der Waals surface area contributed by atoms with Gasteiger partial charge >= 0.3 is 5.97 Å². The van der Waals surface area contributed by atoms with Crippen LogP contribution in [0, 0.1) is 0 Å². The Kier molecular flexibility index (Phi) is 5.23. The largest absolute Gasteiger partial charge is 0.480 e. The smallest absolute Gasteiger partial charge is 0.320 e. The molecule has 2 heterocycles. The number of hydrogen-bond donors (Lipinski definition) is 1. The number of carboxylic acids is 1. The van der Waals surface area contributed by atoms with Crippen molar-refractivity contribution in [1.29, 1.82) is 0 Å². The first kappa shape index (κ1) is 19.5. The van der Waals surface area contributed by atoms with Gasteiger partial charge in [0.1, 0.15) is 6.04 Å². The third-order valence-electron chi connectivity index (χ3n) is 6.17. The fourth-order valence-electron chi connectivity index (χ4n) is 4.66. The molecule has 1 aliphatic heterocycles. The molecular formula is C27H24N2O2. The Balaban J connectivity index is 1.59. The van der Waals surface area contributed by atoms with Crippen molar-refractivity contribution in [2.75, 3.05) is 6.54 Å². The van der Waals surface area contributed by atoms with Crippen LogP contribution >= 0.6 is 0 Å². The van der Waals surface area contributed by atoms with Crippen molar-refractivity contribution in [2.24, 2.45) is 0 Å². The summed E-state index contributed by atoms with van der Waals surface area (Å²) in [5, 5.41) is 10.9. The normalized spacial score (nSPS) is 17.6. The highest BCUT2D eigenvalue weighted by atomic mass is 16.4. The minimum absolute atomic E-state index is 0.148. The summed E-state index contributed by atoms with van der Waals surface area (Å²) in [6.45, 7) is 0.759. The number of fused-ring (bicyclic) bond motifs is 1. The molecule has 1 saturated heterocycles. The molecule has 1 N–H and O–H groups in total. The number of hydrogen-bond acceptors (Lipinski definition) is 3. The molecule has 4 heteroatoms. The number of aliphatic carboxylic acids is 1. The number of carboxylic acid groups (broad SMARTS) is 1. The number of rotatable bonds is 5. The average Bonchev–Trinajstić information content (AvgIpc) is 3.30. The van der Waals surface area contributed by atoms with Gasteiger partial charge in [-0.05, 0) is 47.2 Å². The number of nitrogens with zero attached hydrogens (tertiary/aromatic N) is 2. The number of aromatic nitrogens is 1. The molecule has 1 fully saturated rings. The zero-order valence-electron chi connectivity index (χ0n) is 17.2. The highest BCUT2D eigenvalue weighted by Crippen LogP contribution is 2.36. The summed E-state index contributed by atoms with van der Waals surface area (Å²) in [6.07, 6.45) is 3.46. The highest BCUT2D eigenvalue weighted by Gasteiger charge is 2.37. The van der Waals surface area contributed by atoms with Gasteiger partial charge in [0.15, 0.2) is 0 Å². The van der Waals surface area contributed by atoms with E-state index in [1.807, 2.05) is 42.6 Å². The van der Waals surface area contributed by atoms with Crippen molar-refractivity contribution in [2.45, 2.75) is 24.9 Å². The first-order chi connectivity index (χ1) is 15.2. The van der Waals surface area contributed by atoms with Crippen LogP contribution in [-0.2, 0) is 4.79 Å². The third kappa shape index (κ3) is 3.82. The standard InChI is InChI=1S/C27H24N2O2/c30-27(31)25-11-6-16-29(25)26(23-17-22-9-4-5-10-24(22)28-18-23)21-14-12-20(13-15-21)19-7-2-1-3-8-19/h1-5,7-10,12-15,17-18,25-26H,6,11,16H2,(H,30,31). The Hall–Kier alpha value is -3.50. The minimum Gasteiger partial charge on any atom is -0.480 e. The van der Waals surface area contributed by atoms with E-state index < -0.39 is 12.0 Å². The lowest BCUT2D eigenvalue weighted by molar-refractivity contribution is -0.142. The lowest BCUT2D eigenvalue weighted by Crippen LogP contribution is -2.39. The monoisotopic (exact) mass is 408 g/mol. The van der Waals surface area contributed by atoms with Crippen LogP contribution in [0.1, 0.15) is 30.0 Å². The van der Waals surface area contributed by atoms with E-state index in [1.165, 1.54) is 5.56 Å². The summed E-state index contributed by atoms with van der Waals surface area (Å²) in [7, 11) is 0. The van der Waals surface area contributed by atoms with Crippen molar-refractivity contribution < 1.29 is 9.90 Å². The van der Waals surface area contributed by atoms with Gasteiger partial charge in [0.2, 0.25) is 0 Å². The summed E-state index contributed by atoms with van der Waals surface area (Å²) < 4.78 is 0. The van der Waals surface area contributed by atoms with Crippen LogP contribution in [0.5, 0.6) is 0 Å². The molecule has 154 valence electrons. The van der Waals surface area contributed by atoms with Gasteiger partial charge in [-0.2, -0.15) is 0 Å². The second kappa shape index (κ2) is 8.32. The highest BCUT2D eigenvalue weighted by molar-refractivity contribution is 5.79. The summed E-state index contributed by atoms with van der Waals surface area (Å²) in [4.78, 5) is 18.7. The van der Waals surface area contributed by atoms with E-state index in [4.69, 9.17) is 0 Å². The second-order valence-corrected chi connectivity index (χ2v) is 8.09. The van der Waals surface area contributed by atoms with Crippen molar-refractivity contribution in [3.05, 3.63) is 102 Å². The molecule has 1 aliphatic rings. The van der Waals surface area contributed by atoms with Crippen LogP contribution in [0.3, 0.4) is 0 Å². The van der Waals surface area contributed by atoms with Crippen LogP contribution in [0.4, 0.5) is 0 Å². The maximum absolute atomic E-state index is 12.0.